The number of hydrogen-bond acceptors (Lipinski definition) is 4. The molecule has 0 aromatic carbocycles. The monoisotopic (exact) mass is 285 g/mol. The Morgan fingerprint density at radius 2 is 1.75 bits per heavy atom. The fraction of sp³-hybridized carbons (Fsp3) is 0.857. The Morgan fingerprint density at radius 1 is 1.15 bits per heavy atom. The van der Waals surface area contributed by atoms with Crippen molar-refractivity contribution in [1.82, 2.24) is 15.5 Å². The van der Waals surface area contributed by atoms with E-state index in [-0.39, 0.29) is 29.9 Å². The van der Waals surface area contributed by atoms with Gasteiger partial charge in [0.15, 0.2) is 0 Å². The van der Waals surface area contributed by atoms with E-state index in [1.54, 1.807) is 18.7 Å². The number of amides is 2. The fourth-order valence-electron chi connectivity index (χ4n) is 2.05. The number of carbonyl (C=O) groups excluding carboxylic acids is 2. The minimum absolute atomic E-state index is 0.0245. The Kier molecular flexibility index (Phi) is 6.95. The Morgan fingerprint density at radius 3 is 2.30 bits per heavy atom. The summed E-state index contributed by atoms with van der Waals surface area (Å²) in [7, 11) is 0. The van der Waals surface area contributed by atoms with Gasteiger partial charge in [-0.25, -0.2) is 0 Å². The van der Waals surface area contributed by atoms with Crippen LogP contribution in [0, 0.1) is 0 Å². The zero-order chi connectivity index (χ0) is 15.1. The van der Waals surface area contributed by atoms with Gasteiger partial charge in [-0.2, -0.15) is 0 Å². The second-order valence-electron chi connectivity index (χ2n) is 5.37. The normalized spacial score (nSPS) is 20.1. The van der Waals surface area contributed by atoms with Crippen molar-refractivity contribution in [3.05, 3.63) is 0 Å². The zero-order valence-electron chi connectivity index (χ0n) is 12.9. The molecular weight excluding hydrogens is 258 g/mol. The fourth-order valence-corrected chi connectivity index (χ4v) is 2.05. The van der Waals surface area contributed by atoms with Crippen LogP contribution in [0.5, 0.6) is 0 Å². The van der Waals surface area contributed by atoms with E-state index in [1.807, 2.05) is 13.8 Å². The Labute approximate surface area is 121 Å². The largest absolute Gasteiger partial charge is 0.378 e. The van der Waals surface area contributed by atoms with Crippen LogP contribution in [0.4, 0.5) is 0 Å². The molecule has 116 valence electrons. The minimum Gasteiger partial charge on any atom is -0.378 e. The van der Waals surface area contributed by atoms with E-state index in [2.05, 4.69) is 10.6 Å². The average Bonchev–Trinajstić information content (AvgIpc) is 2.46. The summed E-state index contributed by atoms with van der Waals surface area (Å²) in [6.45, 7) is 9.98. The van der Waals surface area contributed by atoms with Crippen LogP contribution in [0.15, 0.2) is 0 Å². The number of carbonyl (C=O) groups is 2. The van der Waals surface area contributed by atoms with Crippen molar-refractivity contribution in [1.29, 1.82) is 0 Å². The molecule has 0 saturated carbocycles. The summed E-state index contributed by atoms with van der Waals surface area (Å²) in [5, 5.41) is 5.97. The molecule has 1 aliphatic rings. The van der Waals surface area contributed by atoms with Crippen molar-refractivity contribution in [2.75, 3.05) is 26.3 Å². The smallest absolute Gasteiger partial charge is 0.239 e. The van der Waals surface area contributed by atoms with Crippen molar-refractivity contribution >= 4 is 11.8 Å². The first-order valence-corrected chi connectivity index (χ1v) is 7.38. The van der Waals surface area contributed by atoms with E-state index in [0.29, 0.717) is 26.3 Å². The molecule has 1 saturated heterocycles. The van der Waals surface area contributed by atoms with Crippen molar-refractivity contribution in [3.63, 3.8) is 0 Å². The van der Waals surface area contributed by atoms with E-state index < -0.39 is 0 Å². The molecular formula is C14H27N3O3. The molecule has 1 aliphatic heterocycles. The summed E-state index contributed by atoms with van der Waals surface area (Å²) in [4.78, 5) is 25.9. The van der Waals surface area contributed by atoms with Crippen LogP contribution >= 0.6 is 0 Å². The van der Waals surface area contributed by atoms with E-state index in [0.717, 1.165) is 6.42 Å². The van der Waals surface area contributed by atoms with Gasteiger partial charge in [0.25, 0.3) is 0 Å². The van der Waals surface area contributed by atoms with Gasteiger partial charge >= 0.3 is 0 Å². The third-order valence-electron chi connectivity index (χ3n) is 3.59. The first kappa shape index (κ1) is 16.9. The zero-order valence-corrected chi connectivity index (χ0v) is 12.9. The molecule has 0 aliphatic carbocycles. The third kappa shape index (κ3) is 5.09. The molecule has 3 unspecified atom stereocenters. The quantitative estimate of drug-likeness (QED) is 0.727. The summed E-state index contributed by atoms with van der Waals surface area (Å²) in [5.41, 5.74) is 0. The van der Waals surface area contributed by atoms with Crippen LogP contribution in [-0.4, -0.2) is 61.1 Å². The predicted octanol–water partition coefficient (Wildman–Crippen LogP) is 0.127. The van der Waals surface area contributed by atoms with Gasteiger partial charge in [-0.15, -0.1) is 0 Å². The second kappa shape index (κ2) is 8.21. The number of hydrogen-bond donors (Lipinski definition) is 2. The lowest BCUT2D eigenvalue weighted by molar-refractivity contribution is -0.137. The van der Waals surface area contributed by atoms with Crippen LogP contribution in [0.2, 0.25) is 0 Å². The van der Waals surface area contributed by atoms with Crippen LogP contribution in [-0.2, 0) is 14.3 Å². The summed E-state index contributed by atoms with van der Waals surface area (Å²) in [6.07, 6.45) is 0.890. The maximum atomic E-state index is 12.2. The molecule has 1 fully saturated rings. The highest BCUT2D eigenvalue weighted by Crippen LogP contribution is 2.01. The molecule has 0 aromatic rings. The average molecular weight is 285 g/mol. The first-order chi connectivity index (χ1) is 9.45. The summed E-state index contributed by atoms with van der Waals surface area (Å²) < 4.78 is 5.23. The van der Waals surface area contributed by atoms with Gasteiger partial charge in [0.05, 0.1) is 25.3 Å². The van der Waals surface area contributed by atoms with Crippen LogP contribution in [0.3, 0.4) is 0 Å². The lowest BCUT2D eigenvalue weighted by Gasteiger charge is -2.30. The standard InChI is InChI=1S/C14H27N3O3/c1-5-10(2)15-13(18)11(3)16-12(4)14(19)17-6-8-20-9-7-17/h10-12,16H,5-9H2,1-4H3,(H,15,18). The maximum Gasteiger partial charge on any atom is 0.239 e. The highest BCUT2D eigenvalue weighted by molar-refractivity contribution is 5.85. The van der Waals surface area contributed by atoms with Crippen molar-refractivity contribution in [2.24, 2.45) is 0 Å². The number of ether oxygens (including phenoxy) is 1. The van der Waals surface area contributed by atoms with Crippen LogP contribution in [0.1, 0.15) is 34.1 Å². The van der Waals surface area contributed by atoms with Gasteiger partial charge in [-0.1, -0.05) is 6.92 Å². The summed E-state index contributed by atoms with van der Waals surface area (Å²) in [5.74, 6) is -0.0440. The second-order valence-corrected chi connectivity index (χ2v) is 5.37. The summed E-state index contributed by atoms with van der Waals surface area (Å²) >= 11 is 0. The molecule has 6 heteroatoms. The summed E-state index contributed by atoms with van der Waals surface area (Å²) in [6, 6.07) is -0.605. The molecule has 0 bridgehead atoms. The number of nitrogens with zero attached hydrogens (tertiary/aromatic N) is 1. The molecule has 1 rings (SSSR count). The maximum absolute atomic E-state index is 12.2. The first-order valence-electron chi connectivity index (χ1n) is 7.38. The highest BCUT2D eigenvalue weighted by Gasteiger charge is 2.25. The molecule has 3 atom stereocenters. The van der Waals surface area contributed by atoms with E-state index in [9.17, 15) is 9.59 Å². The Hall–Kier alpha value is -1.14. The van der Waals surface area contributed by atoms with Gasteiger partial charge in [-0.3, -0.25) is 14.9 Å². The van der Waals surface area contributed by atoms with Gasteiger partial charge in [0.2, 0.25) is 11.8 Å². The van der Waals surface area contributed by atoms with Crippen molar-refractivity contribution < 1.29 is 14.3 Å². The predicted molar refractivity (Wildman–Crippen MR) is 77.4 cm³/mol. The molecule has 20 heavy (non-hydrogen) atoms. The van der Waals surface area contributed by atoms with Gasteiger partial charge in [0, 0.05) is 19.1 Å². The number of morpholine rings is 1. The van der Waals surface area contributed by atoms with Crippen molar-refractivity contribution in [3.8, 4) is 0 Å². The van der Waals surface area contributed by atoms with E-state index in [4.69, 9.17) is 4.74 Å². The topological polar surface area (TPSA) is 70.7 Å². The molecule has 1 heterocycles. The Balaban J connectivity index is 2.41. The molecule has 2 N–H and O–H groups in total. The minimum atomic E-state index is -0.385. The molecule has 2 amide bonds. The van der Waals surface area contributed by atoms with Crippen LogP contribution in [0.25, 0.3) is 0 Å². The van der Waals surface area contributed by atoms with Crippen LogP contribution < -0.4 is 10.6 Å². The van der Waals surface area contributed by atoms with Gasteiger partial charge < -0.3 is 15.0 Å². The van der Waals surface area contributed by atoms with Crippen molar-refractivity contribution in [2.45, 2.75) is 52.2 Å². The van der Waals surface area contributed by atoms with Gasteiger partial charge in [0.1, 0.15) is 0 Å². The molecule has 0 radical (unpaired) electrons. The van der Waals surface area contributed by atoms with Gasteiger partial charge in [-0.05, 0) is 27.2 Å². The lowest BCUT2D eigenvalue weighted by Crippen LogP contribution is -2.54. The molecule has 0 aromatic heterocycles. The highest BCUT2D eigenvalue weighted by atomic mass is 16.5. The van der Waals surface area contributed by atoms with E-state index >= 15 is 0 Å². The lowest BCUT2D eigenvalue weighted by atomic mass is 10.2. The SMILES string of the molecule is CCC(C)NC(=O)C(C)NC(C)C(=O)N1CCOCC1. The molecule has 0 spiro atoms. The molecule has 6 nitrogen and oxygen atoms in total. The van der Waals surface area contributed by atoms with E-state index in [1.165, 1.54) is 0 Å². The Bertz CT molecular complexity index is 330. The third-order valence-corrected chi connectivity index (χ3v) is 3.59. The number of nitrogens with one attached hydrogen (secondary N) is 2. The number of rotatable bonds is 6.